The molecule has 9 heteroatoms. The molecule has 14 aromatic rings. The Balaban J connectivity index is 0.955. The Morgan fingerprint density at radius 3 is 1.47 bits per heavy atom. The molecular formula is C61H31N7S2. The summed E-state index contributed by atoms with van der Waals surface area (Å²) in [5.41, 5.74) is 9.30. The molecule has 0 aliphatic heterocycles. The standard InChI is InChI=1S/C61H31N7S2/c1-64-48-28-37(24-26-52(48)68-51-20-10-6-16-40(51)44-32-58-46(30-54(44)68)42-18-8-12-22-56(42)70-58)60-47(34-63)59(65-61(66-60)35-13-3-2-4-14-35)36-23-25-49(38(27-36)33-62)67-50-19-9-5-15-39(50)43-31-57-45(29-53(43)67)41-17-7-11-21-55(41)69-57/h2-32H. The molecule has 0 bridgehead atoms. The van der Waals surface area contributed by atoms with Crippen LogP contribution in [0.1, 0.15) is 11.1 Å². The number of fused-ring (bicyclic) bond motifs is 12. The third-order valence-corrected chi connectivity index (χ3v) is 15.9. The molecule has 0 radical (unpaired) electrons. The van der Waals surface area contributed by atoms with E-state index in [2.05, 4.69) is 135 Å². The van der Waals surface area contributed by atoms with Crippen LogP contribution in [-0.2, 0) is 0 Å². The number of thiophene rings is 2. The molecule has 7 nitrogen and oxygen atoms in total. The molecule has 0 saturated heterocycles. The molecule has 0 unspecified atom stereocenters. The Kier molecular flexibility index (Phi) is 8.68. The van der Waals surface area contributed by atoms with Crippen LogP contribution in [0.5, 0.6) is 0 Å². The summed E-state index contributed by atoms with van der Waals surface area (Å²) in [5.74, 6) is 0.421. The maximum absolute atomic E-state index is 11.1. The molecule has 14 rings (SSSR count). The van der Waals surface area contributed by atoms with E-state index in [-0.39, 0.29) is 5.56 Å². The van der Waals surface area contributed by atoms with Crippen LogP contribution in [0.4, 0.5) is 5.69 Å². The van der Waals surface area contributed by atoms with E-state index >= 15 is 0 Å². The molecule has 70 heavy (non-hydrogen) atoms. The fraction of sp³-hybridized carbons (Fsp3) is 0. The summed E-state index contributed by atoms with van der Waals surface area (Å²) in [4.78, 5) is 14.3. The summed E-state index contributed by atoms with van der Waals surface area (Å²) >= 11 is 3.58. The van der Waals surface area contributed by atoms with Crippen molar-refractivity contribution in [1.82, 2.24) is 19.1 Å². The Morgan fingerprint density at radius 1 is 0.414 bits per heavy atom. The summed E-state index contributed by atoms with van der Waals surface area (Å²) in [6, 6.07) is 68.8. The van der Waals surface area contributed by atoms with Crippen molar-refractivity contribution in [3.05, 3.63) is 211 Å². The van der Waals surface area contributed by atoms with E-state index in [1.54, 1.807) is 22.7 Å². The highest BCUT2D eigenvalue weighted by molar-refractivity contribution is 7.26. The van der Waals surface area contributed by atoms with Gasteiger partial charge >= 0.3 is 0 Å². The van der Waals surface area contributed by atoms with Crippen molar-refractivity contribution >= 4 is 112 Å². The summed E-state index contributed by atoms with van der Waals surface area (Å²) in [6.45, 7) is 8.60. The number of nitrogens with zero attached hydrogens (tertiary/aromatic N) is 7. The minimum Gasteiger partial charge on any atom is -0.319 e. The van der Waals surface area contributed by atoms with E-state index in [0.717, 1.165) is 60.5 Å². The minimum absolute atomic E-state index is 0.243. The SMILES string of the molecule is [C-]#[N+]c1cc(-c2nc(-c3ccccc3)nc(-c3ccc(-n4c5ccccc5c5cc6sc7ccccc7c6cc54)c(C#N)c3)c2C#N)ccc1-n1c2ccccc2c2cc3sc4ccccc4c3cc21. The minimum atomic E-state index is 0.243. The topological polar surface area (TPSA) is 87.6 Å². The van der Waals surface area contributed by atoms with Crippen LogP contribution in [0, 0.1) is 29.2 Å². The third kappa shape index (κ3) is 5.82. The fourth-order valence-electron chi connectivity index (χ4n) is 10.5. The predicted molar refractivity (Wildman–Crippen MR) is 288 cm³/mol. The number of aromatic nitrogens is 4. The van der Waals surface area contributed by atoms with Crippen LogP contribution in [0.2, 0.25) is 0 Å². The molecule has 0 fully saturated rings. The Morgan fingerprint density at radius 2 is 0.914 bits per heavy atom. The molecule has 0 aliphatic carbocycles. The second-order valence-corrected chi connectivity index (χ2v) is 19.6. The lowest BCUT2D eigenvalue weighted by atomic mass is 9.98. The fourth-order valence-corrected chi connectivity index (χ4v) is 12.8. The maximum Gasteiger partial charge on any atom is 0.211 e. The first-order chi connectivity index (χ1) is 34.6. The number of hydrogen-bond donors (Lipinski definition) is 0. The monoisotopic (exact) mass is 925 g/mol. The van der Waals surface area contributed by atoms with Crippen LogP contribution in [0.25, 0.3) is 134 Å². The van der Waals surface area contributed by atoms with Gasteiger partial charge in [-0.25, -0.2) is 14.8 Å². The zero-order valence-corrected chi connectivity index (χ0v) is 38.5. The molecule has 9 aromatic carbocycles. The van der Waals surface area contributed by atoms with Crippen LogP contribution in [0.3, 0.4) is 0 Å². The van der Waals surface area contributed by atoms with Crippen molar-refractivity contribution in [3.63, 3.8) is 0 Å². The molecule has 0 aliphatic rings. The molecule has 0 atom stereocenters. The number of rotatable bonds is 5. The molecule has 0 amide bonds. The van der Waals surface area contributed by atoms with Gasteiger partial charge in [0.15, 0.2) is 5.82 Å². The summed E-state index contributed by atoms with van der Waals surface area (Å²) in [7, 11) is 0. The zero-order chi connectivity index (χ0) is 46.6. The van der Waals surface area contributed by atoms with Crippen molar-refractivity contribution in [3.8, 4) is 57.4 Å². The van der Waals surface area contributed by atoms with Crippen molar-refractivity contribution in [2.24, 2.45) is 0 Å². The van der Waals surface area contributed by atoms with Gasteiger partial charge in [0, 0.05) is 73.0 Å². The van der Waals surface area contributed by atoms with Gasteiger partial charge < -0.3 is 9.13 Å². The zero-order valence-electron chi connectivity index (χ0n) is 36.8. The lowest BCUT2D eigenvalue weighted by Gasteiger charge is -2.16. The van der Waals surface area contributed by atoms with Crippen LogP contribution in [-0.4, -0.2) is 19.1 Å². The molecule has 5 aromatic heterocycles. The highest BCUT2D eigenvalue weighted by Gasteiger charge is 2.24. The predicted octanol–water partition coefficient (Wildman–Crippen LogP) is 16.7. The van der Waals surface area contributed by atoms with Gasteiger partial charge in [0.2, 0.25) is 5.69 Å². The summed E-state index contributed by atoms with van der Waals surface area (Å²) in [5, 5.41) is 31.3. The molecule has 0 saturated carbocycles. The van der Waals surface area contributed by atoms with Gasteiger partial charge in [-0.1, -0.05) is 115 Å². The molecular weight excluding hydrogens is 895 g/mol. The number of hydrogen-bond acceptors (Lipinski definition) is 6. The van der Waals surface area contributed by atoms with Crippen molar-refractivity contribution in [1.29, 1.82) is 10.5 Å². The third-order valence-electron chi connectivity index (χ3n) is 13.6. The molecule has 322 valence electrons. The molecule has 5 heterocycles. The average Bonchev–Trinajstić information content (AvgIpc) is 4.16. The quantitative estimate of drug-likeness (QED) is 0.161. The number of nitriles is 2. The number of para-hydroxylation sites is 2. The van der Waals surface area contributed by atoms with Crippen molar-refractivity contribution in [2.45, 2.75) is 0 Å². The second kappa shape index (κ2) is 15.3. The van der Waals surface area contributed by atoms with Gasteiger partial charge in [-0.3, -0.25) is 0 Å². The van der Waals surface area contributed by atoms with E-state index in [0.29, 0.717) is 39.6 Å². The largest absolute Gasteiger partial charge is 0.319 e. The highest BCUT2D eigenvalue weighted by Crippen LogP contribution is 2.45. The maximum atomic E-state index is 11.1. The first-order valence-corrected chi connectivity index (χ1v) is 24.3. The molecule has 0 N–H and O–H groups in total. The van der Waals surface area contributed by atoms with Gasteiger partial charge in [0.05, 0.1) is 57.0 Å². The smallest absolute Gasteiger partial charge is 0.211 e. The normalized spacial score (nSPS) is 11.7. The van der Waals surface area contributed by atoms with Crippen LogP contribution in [0.15, 0.2) is 188 Å². The first-order valence-electron chi connectivity index (χ1n) is 22.7. The van der Waals surface area contributed by atoms with Crippen molar-refractivity contribution in [2.75, 3.05) is 0 Å². The van der Waals surface area contributed by atoms with E-state index in [1.165, 1.54) is 40.3 Å². The Labute approximate surface area is 407 Å². The van der Waals surface area contributed by atoms with Gasteiger partial charge in [-0.2, -0.15) is 10.5 Å². The lowest BCUT2D eigenvalue weighted by Crippen LogP contribution is -2.03. The van der Waals surface area contributed by atoms with Crippen LogP contribution >= 0.6 is 22.7 Å². The van der Waals surface area contributed by atoms with Gasteiger partial charge in [0.25, 0.3) is 0 Å². The van der Waals surface area contributed by atoms with E-state index in [1.807, 2.05) is 78.9 Å². The second-order valence-electron chi connectivity index (χ2n) is 17.4. The van der Waals surface area contributed by atoms with Crippen LogP contribution < -0.4 is 0 Å². The van der Waals surface area contributed by atoms with Gasteiger partial charge in [0.1, 0.15) is 17.7 Å². The number of benzene rings is 9. The summed E-state index contributed by atoms with van der Waals surface area (Å²) in [6.07, 6.45) is 0. The molecule has 0 spiro atoms. The average molecular weight is 926 g/mol. The lowest BCUT2D eigenvalue weighted by molar-refractivity contribution is 1.15. The van der Waals surface area contributed by atoms with Gasteiger partial charge in [-0.05, 0) is 78.4 Å². The highest BCUT2D eigenvalue weighted by atomic mass is 32.1. The van der Waals surface area contributed by atoms with E-state index < -0.39 is 0 Å². The van der Waals surface area contributed by atoms with E-state index in [4.69, 9.17) is 16.5 Å². The van der Waals surface area contributed by atoms with Gasteiger partial charge in [-0.15, -0.1) is 22.7 Å². The van der Waals surface area contributed by atoms with E-state index in [9.17, 15) is 10.5 Å². The Bertz CT molecular complexity index is 4430. The Hall–Kier alpha value is -9.43. The van der Waals surface area contributed by atoms with Crippen molar-refractivity contribution < 1.29 is 0 Å². The summed E-state index contributed by atoms with van der Waals surface area (Å²) < 4.78 is 9.26. The first kappa shape index (κ1) is 39.7.